The summed E-state index contributed by atoms with van der Waals surface area (Å²) < 4.78 is 31.9. The Labute approximate surface area is 162 Å². The van der Waals surface area contributed by atoms with E-state index < -0.39 is 22.0 Å². The highest BCUT2D eigenvalue weighted by atomic mass is 32.2. The summed E-state index contributed by atoms with van der Waals surface area (Å²) in [5.74, 6) is -0.572. The molecule has 2 aromatic rings. The third kappa shape index (κ3) is 6.20. The van der Waals surface area contributed by atoms with Gasteiger partial charge in [-0.05, 0) is 51.1 Å². The Morgan fingerprint density at radius 2 is 1.68 bits per heavy atom. The monoisotopic (exact) mass is 407 g/mol. The lowest BCUT2D eigenvalue weighted by Gasteiger charge is -2.10. The minimum atomic E-state index is -3.88. The molecule has 1 heterocycles. The van der Waals surface area contributed by atoms with Gasteiger partial charge in [-0.25, -0.2) is 27.9 Å². The molecule has 0 bridgehead atoms. The predicted molar refractivity (Wildman–Crippen MR) is 102 cm³/mol. The number of aromatic nitrogens is 2. The van der Waals surface area contributed by atoms with Gasteiger partial charge in [0.15, 0.2) is 0 Å². The summed E-state index contributed by atoms with van der Waals surface area (Å²) >= 11 is 0. The molecular formula is C17H21N5O5S. The second kappa shape index (κ2) is 9.13. The van der Waals surface area contributed by atoms with E-state index >= 15 is 0 Å². The van der Waals surface area contributed by atoms with Crippen molar-refractivity contribution >= 4 is 33.7 Å². The summed E-state index contributed by atoms with van der Waals surface area (Å²) in [5, 5.41) is 4.82. The van der Waals surface area contributed by atoms with E-state index in [1.165, 1.54) is 24.3 Å². The van der Waals surface area contributed by atoms with Crippen molar-refractivity contribution in [3.63, 3.8) is 0 Å². The summed E-state index contributed by atoms with van der Waals surface area (Å²) in [5.41, 5.74) is 1.63. The molecule has 0 unspecified atom stereocenters. The predicted octanol–water partition coefficient (Wildman–Crippen LogP) is 1.58. The van der Waals surface area contributed by atoms with Crippen molar-refractivity contribution in [2.24, 2.45) is 0 Å². The second-order valence-corrected chi connectivity index (χ2v) is 7.40. The van der Waals surface area contributed by atoms with Crippen LogP contribution in [0.15, 0.2) is 35.2 Å². The van der Waals surface area contributed by atoms with Crippen molar-refractivity contribution in [2.75, 3.05) is 23.2 Å². The third-order valence-corrected chi connectivity index (χ3v) is 4.67. The Balaban J connectivity index is 2.00. The largest absolute Gasteiger partial charge is 0.465 e. The smallest absolute Gasteiger partial charge is 0.325 e. The van der Waals surface area contributed by atoms with E-state index in [1.807, 2.05) is 0 Å². The molecule has 1 aromatic carbocycles. The van der Waals surface area contributed by atoms with Gasteiger partial charge in [0, 0.05) is 17.1 Å². The van der Waals surface area contributed by atoms with Crippen molar-refractivity contribution in [3.05, 3.63) is 41.7 Å². The van der Waals surface area contributed by atoms with Crippen LogP contribution in [0.4, 0.5) is 16.4 Å². The quantitative estimate of drug-likeness (QED) is 0.592. The number of nitrogens with zero attached hydrogens (tertiary/aromatic N) is 2. The fourth-order valence-electron chi connectivity index (χ4n) is 2.21. The lowest BCUT2D eigenvalue weighted by atomic mass is 10.3. The number of ether oxygens (including phenoxy) is 1. The molecule has 150 valence electrons. The molecule has 11 heteroatoms. The number of rotatable bonds is 7. The molecule has 2 amide bonds. The Hall–Kier alpha value is -3.21. The number of esters is 1. The Morgan fingerprint density at radius 3 is 2.25 bits per heavy atom. The molecule has 0 aliphatic heterocycles. The molecule has 0 radical (unpaired) electrons. The molecule has 0 saturated heterocycles. The van der Waals surface area contributed by atoms with Crippen LogP contribution in [-0.2, 0) is 19.6 Å². The fourth-order valence-corrected chi connectivity index (χ4v) is 3.15. The van der Waals surface area contributed by atoms with Crippen LogP contribution in [0.5, 0.6) is 0 Å². The molecular weight excluding hydrogens is 386 g/mol. The first-order valence-electron chi connectivity index (χ1n) is 8.35. The summed E-state index contributed by atoms with van der Waals surface area (Å²) in [6.45, 7) is 5.08. The van der Waals surface area contributed by atoms with Crippen LogP contribution in [0.1, 0.15) is 18.3 Å². The maximum atomic E-state index is 12.5. The molecule has 1 aromatic heterocycles. The topological polar surface area (TPSA) is 139 Å². The van der Waals surface area contributed by atoms with Crippen LogP contribution >= 0.6 is 0 Å². The van der Waals surface area contributed by atoms with Crippen molar-refractivity contribution in [3.8, 4) is 0 Å². The van der Waals surface area contributed by atoms with Crippen LogP contribution in [0.2, 0.25) is 0 Å². The molecule has 0 aliphatic rings. The molecule has 0 aliphatic carbocycles. The molecule has 2 rings (SSSR count). The standard InChI is InChI=1S/C17H21N5O5S/c1-4-27-15(23)10-18-17(24)21-13-5-7-14(8-6-13)28(25,26)22-16-19-11(2)9-12(3)20-16/h5-9H,4,10H2,1-3H3,(H2,18,21,24)(H,19,20,22). The third-order valence-electron chi connectivity index (χ3n) is 3.33. The molecule has 0 spiro atoms. The molecule has 0 saturated carbocycles. The van der Waals surface area contributed by atoms with Crippen LogP contribution < -0.4 is 15.4 Å². The van der Waals surface area contributed by atoms with Gasteiger partial charge in [0.1, 0.15) is 6.54 Å². The van der Waals surface area contributed by atoms with Gasteiger partial charge >= 0.3 is 12.0 Å². The highest BCUT2D eigenvalue weighted by molar-refractivity contribution is 7.92. The van der Waals surface area contributed by atoms with Gasteiger partial charge in [-0.3, -0.25) is 4.79 Å². The first-order valence-corrected chi connectivity index (χ1v) is 9.83. The van der Waals surface area contributed by atoms with E-state index in [9.17, 15) is 18.0 Å². The van der Waals surface area contributed by atoms with Crippen LogP contribution in [0, 0.1) is 13.8 Å². The van der Waals surface area contributed by atoms with E-state index in [0.29, 0.717) is 17.1 Å². The number of aryl methyl sites for hydroxylation is 2. The number of amides is 2. The van der Waals surface area contributed by atoms with Crippen LogP contribution in [0.3, 0.4) is 0 Å². The number of sulfonamides is 1. The first-order chi connectivity index (χ1) is 13.2. The maximum Gasteiger partial charge on any atom is 0.325 e. The van der Waals surface area contributed by atoms with Crippen molar-refractivity contribution in [1.29, 1.82) is 0 Å². The summed E-state index contributed by atoms with van der Waals surface area (Å²) in [6, 6.07) is 6.59. The molecule has 28 heavy (non-hydrogen) atoms. The van der Waals surface area contributed by atoms with Gasteiger partial charge in [-0.2, -0.15) is 0 Å². The van der Waals surface area contributed by atoms with E-state index in [1.54, 1.807) is 26.8 Å². The minimum absolute atomic E-state index is 0.0157. The highest BCUT2D eigenvalue weighted by Crippen LogP contribution is 2.17. The first kappa shape index (κ1) is 21.1. The molecule has 0 fully saturated rings. The Morgan fingerprint density at radius 1 is 1.07 bits per heavy atom. The lowest BCUT2D eigenvalue weighted by molar-refractivity contribution is -0.141. The average molecular weight is 407 g/mol. The minimum Gasteiger partial charge on any atom is -0.465 e. The number of carbonyl (C=O) groups is 2. The number of hydrogen-bond acceptors (Lipinski definition) is 7. The Bertz CT molecular complexity index is 940. The average Bonchev–Trinajstić information content (AvgIpc) is 2.59. The molecule has 0 atom stereocenters. The maximum absolute atomic E-state index is 12.5. The van der Waals surface area contributed by atoms with Gasteiger partial charge in [-0.1, -0.05) is 0 Å². The van der Waals surface area contributed by atoms with Crippen LogP contribution in [0.25, 0.3) is 0 Å². The van der Waals surface area contributed by atoms with Gasteiger partial charge in [0.2, 0.25) is 5.95 Å². The van der Waals surface area contributed by atoms with Gasteiger partial charge in [-0.15, -0.1) is 0 Å². The number of hydrogen-bond donors (Lipinski definition) is 3. The number of benzene rings is 1. The van der Waals surface area contributed by atoms with E-state index in [-0.39, 0.29) is 24.0 Å². The summed E-state index contributed by atoms with van der Waals surface area (Å²) in [6.07, 6.45) is 0. The number of nitrogens with one attached hydrogen (secondary N) is 3. The zero-order valence-electron chi connectivity index (χ0n) is 15.6. The Kier molecular flexibility index (Phi) is 6.88. The lowest BCUT2D eigenvalue weighted by Crippen LogP contribution is -2.34. The SMILES string of the molecule is CCOC(=O)CNC(=O)Nc1ccc(S(=O)(=O)Nc2nc(C)cc(C)n2)cc1. The van der Waals surface area contributed by atoms with Crippen molar-refractivity contribution in [2.45, 2.75) is 25.7 Å². The molecule has 3 N–H and O–H groups in total. The number of urea groups is 1. The van der Waals surface area contributed by atoms with E-state index in [0.717, 1.165) is 0 Å². The van der Waals surface area contributed by atoms with Gasteiger partial charge in [0.25, 0.3) is 10.0 Å². The van der Waals surface area contributed by atoms with Gasteiger partial charge in [0.05, 0.1) is 11.5 Å². The molecule has 10 nitrogen and oxygen atoms in total. The van der Waals surface area contributed by atoms with Crippen LogP contribution in [-0.4, -0.2) is 43.5 Å². The van der Waals surface area contributed by atoms with E-state index in [4.69, 9.17) is 4.74 Å². The van der Waals surface area contributed by atoms with E-state index in [2.05, 4.69) is 25.3 Å². The van der Waals surface area contributed by atoms with Crippen molar-refractivity contribution in [1.82, 2.24) is 15.3 Å². The second-order valence-electron chi connectivity index (χ2n) is 5.72. The number of carbonyl (C=O) groups excluding carboxylic acids is 2. The van der Waals surface area contributed by atoms with Gasteiger partial charge < -0.3 is 15.4 Å². The van der Waals surface area contributed by atoms with Crippen molar-refractivity contribution < 1.29 is 22.7 Å². The fraction of sp³-hybridized carbons (Fsp3) is 0.294. The highest BCUT2D eigenvalue weighted by Gasteiger charge is 2.16. The normalized spacial score (nSPS) is 10.8. The zero-order chi connectivity index (χ0) is 20.7. The number of anilines is 2. The zero-order valence-corrected chi connectivity index (χ0v) is 16.5. The summed E-state index contributed by atoms with van der Waals surface area (Å²) in [4.78, 5) is 31.0. The summed E-state index contributed by atoms with van der Waals surface area (Å²) in [7, 11) is -3.88.